The average Bonchev–Trinajstić information content (AvgIpc) is 3.42. The number of piperazine rings is 1. The Morgan fingerprint density at radius 3 is 2.57 bits per heavy atom. The van der Waals surface area contributed by atoms with Gasteiger partial charge in [-0.3, -0.25) is 14.8 Å². The van der Waals surface area contributed by atoms with Gasteiger partial charge in [0.15, 0.2) is 11.6 Å². The van der Waals surface area contributed by atoms with Crippen LogP contribution in [0.25, 0.3) is 0 Å². The Labute approximate surface area is 206 Å². The van der Waals surface area contributed by atoms with Crippen molar-refractivity contribution in [1.82, 2.24) is 19.8 Å². The van der Waals surface area contributed by atoms with Gasteiger partial charge in [0.05, 0.1) is 17.6 Å². The molecule has 1 aromatic carbocycles. The maximum Gasteiger partial charge on any atom is 0.159 e. The summed E-state index contributed by atoms with van der Waals surface area (Å²) in [7, 11) is 0. The highest BCUT2D eigenvalue weighted by Gasteiger charge is 2.34. The summed E-state index contributed by atoms with van der Waals surface area (Å²) in [4.78, 5) is 21.4. The molecule has 2 fully saturated rings. The monoisotopic (exact) mass is 480 g/mol. The number of hydrogen-bond donors (Lipinski definition) is 0. The van der Waals surface area contributed by atoms with Crippen LogP contribution in [0.5, 0.6) is 0 Å². The molecule has 8 heteroatoms. The quantitative estimate of drug-likeness (QED) is 0.616. The first kappa shape index (κ1) is 24.0. The van der Waals surface area contributed by atoms with Crippen molar-refractivity contribution < 1.29 is 8.78 Å². The van der Waals surface area contributed by atoms with E-state index in [9.17, 15) is 8.78 Å². The highest BCUT2D eigenvalue weighted by molar-refractivity contribution is 6.01. The van der Waals surface area contributed by atoms with Crippen LogP contribution in [0.4, 0.5) is 14.6 Å². The third-order valence-corrected chi connectivity index (χ3v) is 7.58. The molecule has 0 unspecified atom stereocenters. The van der Waals surface area contributed by atoms with Crippen LogP contribution in [0.3, 0.4) is 0 Å². The number of benzene rings is 1. The van der Waals surface area contributed by atoms with Gasteiger partial charge in [-0.15, -0.1) is 0 Å². The molecule has 3 aliphatic heterocycles. The Morgan fingerprint density at radius 2 is 1.89 bits per heavy atom. The molecule has 1 aromatic heterocycles. The molecule has 0 amide bonds. The van der Waals surface area contributed by atoms with Gasteiger partial charge in [-0.2, -0.15) is 0 Å². The first-order chi connectivity index (χ1) is 17.0. The van der Waals surface area contributed by atoms with E-state index in [2.05, 4.69) is 26.6 Å². The zero-order valence-corrected chi connectivity index (χ0v) is 20.6. The lowest BCUT2D eigenvalue weighted by Crippen LogP contribution is -2.58. The zero-order chi connectivity index (χ0) is 24.4. The van der Waals surface area contributed by atoms with E-state index in [0.29, 0.717) is 18.6 Å². The fourth-order valence-corrected chi connectivity index (χ4v) is 5.67. The van der Waals surface area contributed by atoms with Crippen molar-refractivity contribution in [2.24, 2.45) is 4.99 Å². The van der Waals surface area contributed by atoms with E-state index >= 15 is 0 Å². The Morgan fingerprint density at radius 1 is 1.06 bits per heavy atom. The second-order valence-electron chi connectivity index (χ2n) is 9.83. The van der Waals surface area contributed by atoms with Gasteiger partial charge in [0.2, 0.25) is 0 Å². The van der Waals surface area contributed by atoms with Crippen LogP contribution >= 0.6 is 0 Å². The molecule has 3 aliphatic rings. The van der Waals surface area contributed by atoms with Gasteiger partial charge in [0, 0.05) is 50.9 Å². The minimum atomic E-state index is -0.783. The second kappa shape index (κ2) is 10.5. The van der Waals surface area contributed by atoms with Crippen molar-refractivity contribution in [3.8, 4) is 0 Å². The van der Waals surface area contributed by atoms with Gasteiger partial charge in [-0.1, -0.05) is 19.1 Å². The number of halogens is 2. The van der Waals surface area contributed by atoms with Crippen LogP contribution in [0.2, 0.25) is 0 Å². The molecule has 0 bridgehead atoms. The molecule has 186 valence electrons. The number of hydrogen-bond acceptors (Lipinski definition) is 6. The van der Waals surface area contributed by atoms with Crippen LogP contribution in [-0.4, -0.2) is 70.3 Å². The number of allylic oxidation sites excluding steroid dienone is 1. The van der Waals surface area contributed by atoms with Gasteiger partial charge in [0.25, 0.3) is 0 Å². The summed E-state index contributed by atoms with van der Waals surface area (Å²) in [6.45, 7) is 9.87. The first-order valence-corrected chi connectivity index (χ1v) is 12.7. The summed E-state index contributed by atoms with van der Waals surface area (Å²) in [5, 5.41) is 0. The van der Waals surface area contributed by atoms with Crippen LogP contribution in [0.1, 0.15) is 49.6 Å². The summed E-state index contributed by atoms with van der Waals surface area (Å²) in [6, 6.07) is 5.28. The predicted octanol–water partition coefficient (Wildman–Crippen LogP) is 4.33. The lowest BCUT2D eigenvalue weighted by atomic mass is 9.97. The van der Waals surface area contributed by atoms with Crippen LogP contribution in [-0.2, 0) is 6.54 Å². The molecule has 2 saturated heterocycles. The predicted molar refractivity (Wildman–Crippen MR) is 135 cm³/mol. The second-order valence-corrected chi connectivity index (χ2v) is 9.83. The number of likely N-dealkylation sites (tertiary alicyclic amines) is 1. The molecule has 4 heterocycles. The number of anilines is 1. The van der Waals surface area contributed by atoms with Crippen molar-refractivity contribution in [1.29, 1.82) is 0 Å². The number of nitrogens with zero attached hydrogens (tertiary/aromatic N) is 6. The lowest BCUT2D eigenvalue weighted by Gasteiger charge is -2.47. The standard InChI is InChI=1S/C27H34F2N6/c1-3-21-18-34(27-19(2)32-26(16-31-27)25-5-4-10-30-25)13-14-35(21)22-8-11-33(12-9-22)17-20-6-7-23(28)24(29)15-20/h4,6-7,10,15-16,21-22H,3,5,8-9,11-14,17-18H2,1-2H3/t21-/m0/s1. The fourth-order valence-electron chi connectivity index (χ4n) is 5.67. The van der Waals surface area contributed by atoms with Crippen molar-refractivity contribution in [3.63, 3.8) is 0 Å². The molecule has 0 spiro atoms. The number of aryl methyl sites for hydroxylation is 1. The molecule has 0 saturated carbocycles. The molecule has 35 heavy (non-hydrogen) atoms. The van der Waals surface area contributed by atoms with Gasteiger partial charge >= 0.3 is 0 Å². The van der Waals surface area contributed by atoms with E-state index in [1.165, 1.54) is 12.1 Å². The van der Waals surface area contributed by atoms with Crippen LogP contribution < -0.4 is 4.90 Å². The minimum absolute atomic E-state index is 0.482. The van der Waals surface area contributed by atoms with Crippen molar-refractivity contribution in [2.45, 2.75) is 58.2 Å². The summed E-state index contributed by atoms with van der Waals surface area (Å²) < 4.78 is 26.8. The Balaban J connectivity index is 1.17. The molecular weight excluding hydrogens is 446 g/mol. The zero-order valence-electron chi connectivity index (χ0n) is 20.6. The van der Waals surface area contributed by atoms with E-state index in [-0.39, 0.29) is 0 Å². The van der Waals surface area contributed by atoms with E-state index in [1.54, 1.807) is 6.07 Å². The highest BCUT2D eigenvalue weighted by atomic mass is 19.2. The number of rotatable bonds is 6. The third-order valence-electron chi connectivity index (χ3n) is 7.58. The van der Waals surface area contributed by atoms with E-state index in [1.807, 2.05) is 25.4 Å². The number of aliphatic imine (C=N–C) groups is 1. The Kier molecular flexibility index (Phi) is 7.20. The van der Waals surface area contributed by atoms with Gasteiger partial charge in [0.1, 0.15) is 11.5 Å². The maximum atomic E-state index is 13.6. The van der Waals surface area contributed by atoms with Crippen molar-refractivity contribution >= 4 is 11.5 Å². The largest absolute Gasteiger partial charge is 0.352 e. The first-order valence-electron chi connectivity index (χ1n) is 12.7. The average molecular weight is 481 g/mol. The summed E-state index contributed by atoms with van der Waals surface area (Å²) >= 11 is 0. The molecule has 1 atom stereocenters. The molecular formula is C27H34F2N6. The molecule has 5 rings (SSSR count). The fraction of sp³-hybridized carbons (Fsp3) is 0.519. The normalized spacial score (nSPS) is 22.1. The van der Waals surface area contributed by atoms with Gasteiger partial charge in [-0.05, 0) is 57.0 Å². The summed E-state index contributed by atoms with van der Waals surface area (Å²) in [6.07, 6.45) is 9.86. The van der Waals surface area contributed by atoms with E-state index < -0.39 is 11.6 Å². The van der Waals surface area contributed by atoms with Crippen molar-refractivity contribution in [2.75, 3.05) is 37.6 Å². The maximum absolute atomic E-state index is 13.6. The molecule has 6 nitrogen and oxygen atoms in total. The van der Waals surface area contributed by atoms with E-state index in [4.69, 9.17) is 9.97 Å². The molecule has 2 aromatic rings. The van der Waals surface area contributed by atoms with E-state index in [0.717, 1.165) is 86.9 Å². The molecule has 0 N–H and O–H groups in total. The van der Waals surface area contributed by atoms with Crippen LogP contribution in [0.15, 0.2) is 41.7 Å². The lowest BCUT2D eigenvalue weighted by molar-refractivity contribution is 0.0610. The number of piperidine rings is 1. The minimum Gasteiger partial charge on any atom is -0.352 e. The number of aromatic nitrogens is 2. The van der Waals surface area contributed by atoms with Gasteiger partial charge in [-0.25, -0.2) is 18.7 Å². The van der Waals surface area contributed by atoms with Gasteiger partial charge < -0.3 is 4.90 Å². The highest BCUT2D eigenvalue weighted by Crippen LogP contribution is 2.27. The molecule has 0 radical (unpaired) electrons. The summed E-state index contributed by atoms with van der Waals surface area (Å²) in [5.41, 5.74) is 3.66. The SMILES string of the molecule is CC[C@H]1CN(c2ncc(C3=NC=CC3)nc2C)CCN1C1CCN(Cc2ccc(F)c(F)c2)CC1. The third kappa shape index (κ3) is 5.28. The Bertz CT molecular complexity index is 1110. The van der Waals surface area contributed by atoms with Crippen molar-refractivity contribution in [3.05, 3.63) is 65.3 Å². The Hall–Kier alpha value is -2.71. The topological polar surface area (TPSA) is 47.9 Å². The smallest absolute Gasteiger partial charge is 0.159 e. The molecule has 0 aliphatic carbocycles. The van der Waals surface area contributed by atoms with Crippen LogP contribution in [0, 0.1) is 18.6 Å². The summed E-state index contributed by atoms with van der Waals surface area (Å²) in [5.74, 6) is -0.561.